The molecule has 0 aliphatic carbocycles. The summed E-state index contributed by atoms with van der Waals surface area (Å²) in [6, 6.07) is 4.13. The molecule has 2 aromatic heterocycles. The van der Waals surface area contributed by atoms with Gasteiger partial charge >= 0.3 is 0 Å². The van der Waals surface area contributed by atoms with Crippen molar-refractivity contribution in [2.75, 3.05) is 26.2 Å². The number of nitrogens with zero attached hydrogens (tertiary/aromatic N) is 6. The van der Waals surface area contributed by atoms with Crippen LogP contribution in [-0.2, 0) is 0 Å². The zero-order chi connectivity index (χ0) is 18.8. The number of carbonyl (C=O) groups is 1. The number of carbonyl (C=O) groups excluding carboxylic acids is 1. The summed E-state index contributed by atoms with van der Waals surface area (Å²) in [5, 5.41) is 7.57. The fourth-order valence-electron chi connectivity index (χ4n) is 4.04. The zero-order valence-corrected chi connectivity index (χ0v) is 16.0. The van der Waals surface area contributed by atoms with Gasteiger partial charge in [0.25, 0.3) is 5.91 Å². The van der Waals surface area contributed by atoms with E-state index in [9.17, 15) is 4.79 Å². The lowest BCUT2D eigenvalue weighted by atomic mass is 9.95. The maximum Gasteiger partial charge on any atom is 0.255 e. The van der Waals surface area contributed by atoms with Gasteiger partial charge in [-0.25, -0.2) is 4.98 Å². The molecule has 0 N–H and O–H groups in total. The predicted octanol–water partition coefficient (Wildman–Crippen LogP) is 2.16. The van der Waals surface area contributed by atoms with Crippen LogP contribution in [0.5, 0.6) is 0 Å². The maximum atomic E-state index is 13.1. The fraction of sp³-hybridized carbons (Fsp3) is 0.500. The third-order valence-corrected chi connectivity index (χ3v) is 5.53. The van der Waals surface area contributed by atoms with Crippen molar-refractivity contribution in [3.05, 3.63) is 48.2 Å². The van der Waals surface area contributed by atoms with E-state index in [-0.39, 0.29) is 5.91 Å². The van der Waals surface area contributed by atoms with Crippen molar-refractivity contribution >= 4 is 5.91 Å². The van der Waals surface area contributed by atoms with Gasteiger partial charge in [0.15, 0.2) is 0 Å². The summed E-state index contributed by atoms with van der Waals surface area (Å²) in [5.41, 5.74) is 1.99. The quantitative estimate of drug-likeness (QED) is 0.776. The van der Waals surface area contributed by atoms with Crippen molar-refractivity contribution in [1.29, 1.82) is 0 Å². The molecule has 1 amide bonds. The van der Waals surface area contributed by atoms with Gasteiger partial charge in [-0.05, 0) is 44.7 Å². The molecule has 0 saturated carbocycles. The minimum atomic E-state index is 0.0822. The minimum absolute atomic E-state index is 0.0822. The van der Waals surface area contributed by atoms with E-state index in [0.717, 1.165) is 26.2 Å². The highest BCUT2D eigenvalue weighted by Gasteiger charge is 2.36. The lowest BCUT2D eigenvalue weighted by Crippen LogP contribution is -2.44. The Morgan fingerprint density at radius 1 is 1.15 bits per heavy atom. The molecule has 142 valence electrons. The smallest absolute Gasteiger partial charge is 0.255 e. The molecule has 5 rings (SSSR count). The molecule has 0 aromatic carbocycles. The zero-order valence-electron chi connectivity index (χ0n) is 16.0. The lowest BCUT2D eigenvalue weighted by Gasteiger charge is -2.35. The molecule has 0 radical (unpaired) electrons. The van der Waals surface area contributed by atoms with Gasteiger partial charge in [0, 0.05) is 38.4 Å². The Morgan fingerprint density at radius 3 is 2.67 bits per heavy atom. The number of hydrogen-bond donors (Lipinski definition) is 0. The lowest BCUT2D eigenvalue weighted by molar-refractivity contribution is 0.0740. The molecular formula is C20H26N6O. The number of hydrogen-bond acceptors (Lipinski definition) is 5. The van der Waals surface area contributed by atoms with E-state index < -0.39 is 0 Å². The maximum absolute atomic E-state index is 13.1. The highest BCUT2D eigenvalue weighted by molar-refractivity contribution is 5.94. The van der Waals surface area contributed by atoms with Crippen LogP contribution in [0.1, 0.15) is 37.0 Å². The van der Waals surface area contributed by atoms with Crippen LogP contribution < -0.4 is 0 Å². The molecule has 3 aliphatic rings. The molecular weight excluding hydrogens is 340 g/mol. The Morgan fingerprint density at radius 2 is 1.96 bits per heavy atom. The van der Waals surface area contributed by atoms with Crippen LogP contribution >= 0.6 is 0 Å². The summed E-state index contributed by atoms with van der Waals surface area (Å²) in [7, 11) is 0. The first-order valence-electron chi connectivity index (χ1n) is 9.58. The third kappa shape index (κ3) is 3.93. The van der Waals surface area contributed by atoms with Gasteiger partial charge in [0.1, 0.15) is 18.5 Å². The van der Waals surface area contributed by atoms with E-state index in [1.165, 1.54) is 18.4 Å². The van der Waals surface area contributed by atoms with E-state index in [1.807, 2.05) is 17.0 Å². The summed E-state index contributed by atoms with van der Waals surface area (Å²) >= 11 is 0. The Bertz CT molecular complexity index is 810. The van der Waals surface area contributed by atoms with Crippen molar-refractivity contribution in [3.63, 3.8) is 0 Å². The number of fused-ring (bicyclic) bond motifs is 4. The van der Waals surface area contributed by atoms with Crippen LogP contribution in [0.25, 0.3) is 5.82 Å². The van der Waals surface area contributed by atoms with Crippen molar-refractivity contribution in [1.82, 2.24) is 29.5 Å². The van der Waals surface area contributed by atoms with Crippen LogP contribution in [0, 0.1) is 5.92 Å². The molecule has 7 nitrogen and oxygen atoms in total. The first kappa shape index (κ1) is 17.9. The summed E-state index contributed by atoms with van der Waals surface area (Å²) < 4.78 is 1.72. The van der Waals surface area contributed by atoms with Crippen LogP contribution in [0.3, 0.4) is 0 Å². The second-order valence-electron chi connectivity index (χ2n) is 7.82. The molecule has 5 heterocycles. The van der Waals surface area contributed by atoms with E-state index >= 15 is 0 Å². The van der Waals surface area contributed by atoms with Gasteiger partial charge < -0.3 is 4.90 Å². The standard InChI is InChI=1S/C20H26N6O/c1-15(2)7-8-24-10-16-3-5-18(24)12-25(11-16)20(27)17-4-6-19(21-9-17)26-13-22-23-14-26/h4,6-7,9,13-14,16,18H,3,5,8,10-12H2,1-2H3/t16-,18-/m1/s1. The Labute approximate surface area is 159 Å². The van der Waals surface area contributed by atoms with Gasteiger partial charge in [-0.15, -0.1) is 10.2 Å². The molecule has 7 heteroatoms. The summed E-state index contributed by atoms with van der Waals surface area (Å²) in [4.78, 5) is 22.0. The summed E-state index contributed by atoms with van der Waals surface area (Å²) in [5.74, 6) is 1.35. The van der Waals surface area contributed by atoms with E-state index in [1.54, 1.807) is 23.4 Å². The van der Waals surface area contributed by atoms with Crippen molar-refractivity contribution in [3.8, 4) is 5.82 Å². The minimum Gasteiger partial charge on any atom is -0.337 e. The normalized spacial score (nSPS) is 22.5. The van der Waals surface area contributed by atoms with Gasteiger partial charge in [-0.1, -0.05) is 11.6 Å². The monoisotopic (exact) mass is 366 g/mol. The predicted molar refractivity (Wildman–Crippen MR) is 103 cm³/mol. The van der Waals surface area contributed by atoms with Crippen molar-refractivity contribution in [2.24, 2.45) is 5.92 Å². The average Bonchev–Trinajstić information content (AvgIpc) is 3.06. The first-order chi connectivity index (χ1) is 13.1. The van der Waals surface area contributed by atoms with Crippen LogP contribution in [0.15, 0.2) is 42.6 Å². The highest BCUT2D eigenvalue weighted by atomic mass is 16.2. The average molecular weight is 366 g/mol. The number of amides is 1. The van der Waals surface area contributed by atoms with Gasteiger partial charge in [-0.2, -0.15) is 0 Å². The molecule has 2 aromatic rings. The number of piperidine rings is 1. The van der Waals surface area contributed by atoms with Gasteiger partial charge in [0.05, 0.1) is 5.56 Å². The second kappa shape index (κ2) is 7.60. The molecule has 3 fully saturated rings. The van der Waals surface area contributed by atoms with E-state index in [0.29, 0.717) is 23.3 Å². The fourth-order valence-corrected chi connectivity index (χ4v) is 4.04. The SMILES string of the molecule is CC(C)=CCN1C[C@H]2CC[C@@H]1CN(C(=O)c1ccc(-n3cnnc3)nc1)C2. The Kier molecular flexibility index (Phi) is 5.03. The largest absolute Gasteiger partial charge is 0.337 e. The van der Waals surface area contributed by atoms with Crippen molar-refractivity contribution < 1.29 is 4.79 Å². The second-order valence-corrected chi connectivity index (χ2v) is 7.82. The van der Waals surface area contributed by atoms with Crippen LogP contribution in [0.4, 0.5) is 0 Å². The number of aromatic nitrogens is 4. The van der Waals surface area contributed by atoms with Crippen LogP contribution in [-0.4, -0.2) is 67.7 Å². The van der Waals surface area contributed by atoms with E-state index in [4.69, 9.17) is 0 Å². The molecule has 2 atom stereocenters. The topological polar surface area (TPSA) is 67.2 Å². The van der Waals surface area contributed by atoms with Crippen molar-refractivity contribution in [2.45, 2.75) is 32.7 Å². The van der Waals surface area contributed by atoms with Gasteiger partial charge in [0.2, 0.25) is 0 Å². The highest BCUT2D eigenvalue weighted by Crippen LogP contribution is 2.28. The molecule has 3 saturated heterocycles. The summed E-state index contributed by atoms with van der Waals surface area (Å²) in [6.07, 6.45) is 9.53. The molecule has 3 aliphatic heterocycles. The Hall–Kier alpha value is -2.54. The third-order valence-electron chi connectivity index (χ3n) is 5.53. The summed E-state index contributed by atoms with van der Waals surface area (Å²) in [6.45, 7) is 8.00. The van der Waals surface area contributed by atoms with Gasteiger partial charge in [-0.3, -0.25) is 14.3 Å². The Balaban J connectivity index is 1.47. The number of rotatable bonds is 4. The molecule has 27 heavy (non-hydrogen) atoms. The first-order valence-corrected chi connectivity index (χ1v) is 9.58. The molecule has 0 spiro atoms. The molecule has 0 unspecified atom stereocenters. The van der Waals surface area contributed by atoms with E-state index in [2.05, 4.69) is 40.0 Å². The van der Waals surface area contributed by atoms with Crippen LogP contribution in [0.2, 0.25) is 0 Å². The molecule has 2 bridgehead atoms. The number of pyridine rings is 1. The number of allylic oxidation sites excluding steroid dienone is 1.